The number of benzene rings is 2. The van der Waals surface area contributed by atoms with Gasteiger partial charge in [0, 0.05) is 17.7 Å². The first-order chi connectivity index (χ1) is 8.58. The molecule has 2 aromatic carbocycles. The van der Waals surface area contributed by atoms with E-state index in [4.69, 9.17) is 33.7 Å². The van der Waals surface area contributed by atoms with Crippen LogP contribution in [0.1, 0.15) is 18.5 Å². The standard InChI is InChI=1S/C14H13Cl2NO.ClH/c1-9(17)11-4-2-3-5-14(11)18-10-6-7-12(15)13(16)8-10;/h2-9H,17H2,1H3;1H. The zero-order valence-electron chi connectivity index (χ0n) is 10.3. The maximum Gasteiger partial charge on any atom is 0.132 e. The van der Waals surface area contributed by atoms with Gasteiger partial charge < -0.3 is 10.5 Å². The molecular weight excluding hydrogens is 305 g/mol. The Labute approximate surface area is 128 Å². The van der Waals surface area contributed by atoms with Gasteiger partial charge in [-0.2, -0.15) is 0 Å². The van der Waals surface area contributed by atoms with Gasteiger partial charge in [0.15, 0.2) is 0 Å². The topological polar surface area (TPSA) is 35.2 Å². The molecule has 0 aliphatic carbocycles. The highest BCUT2D eigenvalue weighted by Gasteiger charge is 2.08. The Hall–Kier alpha value is -0.930. The minimum atomic E-state index is -0.0935. The Bertz CT molecular complexity index is 558. The molecule has 0 saturated carbocycles. The van der Waals surface area contributed by atoms with Crippen LogP contribution in [0, 0.1) is 0 Å². The molecule has 19 heavy (non-hydrogen) atoms. The molecular formula is C14H14Cl3NO. The lowest BCUT2D eigenvalue weighted by Gasteiger charge is -2.13. The van der Waals surface area contributed by atoms with Gasteiger partial charge >= 0.3 is 0 Å². The lowest BCUT2D eigenvalue weighted by molar-refractivity contribution is 0.472. The van der Waals surface area contributed by atoms with Crippen molar-refractivity contribution in [2.45, 2.75) is 13.0 Å². The molecule has 0 bridgehead atoms. The molecule has 1 unspecified atom stereocenters. The van der Waals surface area contributed by atoms with Gasteiger partial charge in [-0.25, -0.2) is 0 Å². The van der Waals surface area contributed by atoms with Crippen molar-refractivity contribution in [3.63, 3.8) is 0 Å². The summed E-state index contributed by atoms with van der Waals surface area (Å²) in [5.74, 6) is 1.36. The van der Waals surface area contributed by atoms with E-state index in [-0.39, 0.29) is 18.4 Å². The Balaban J connectivity index is 0.00000180. The van der Waals surface area contributed by atoms with Crippen molar-refractivity contribution in [1.82, 2.24) is 0 Å². The van der Waals surface area contributed by atoms with Gasteiger partial charge in [0.05, 0.1) is 10.0 Å². The molecule has 0 radical (unpaired) electrons. The largest absolute Gasteiger partial charge is 0.457 e. The van der Waals surface area contributed by atoms with Crippen molar-refractivity contribution in [1.29, 1.82) is 0 Å². The number of nitrogens with two attached hydrogens (primary N) is 1. The lowest BCUT2D eigenvalue weighted by atomic mass is 10.1. The summed E-state index contributed by atoms with van der Waals surface area (Å²) in [6.07, 6.45) is 0. The molecule has 2 N–H and O–H groups in total. The molecule has 5 heteroatoms. The Kier molecular flexibility index (Phi) is 5.95. The summed E-state index contributed by atoms with van der Waals surface area (Å²) in [5.41, 5.74) is 6.84. The Morgan fingerprint density at radius 1 is 1.05 bits per heavy atom. The molecule has 2 nitrogen and oxygen atoms in total. The van der Waals surface area contributed by atoms with Crippen LogP contribution in [-0.2, 0) is 0 Å². The smallest absolute Gasteiger partial charge is 0.132 e. The summed E-state index contributed by atoms with van der Waals surface area (Å²) >= 11 is 11.8. The van der Waals surface area contributed by atoms with Crippen LogP contribution < -0.4 is 10.5 Å². The quantitative estimate of drug-likeness (QED) is 0.841. The Morgan fingerprint density at radius 2 is 1.74 bits per heavy atom. The maximum atomic E-state index is 5.95. The van der Waals surface area contributed by atoms with E-state index in [1.54, 1.807) is 18.2 Å². The molecule has 1 atom stereocenters. The van der Waals surface area contributed by atoms with Crippen molar-refractivity contribution in [2.24, 2.45) is 5.73 Å². The number of hydrogen-bond donors (Lipinski definition) is 1. The van der Waals surface area contributed by atoms with E-state index >= 15 is 0 Å². The third-order valence-electron chi connectivity index (χ3n) is 2.53. The molecule has 0 saturated heterocycles. The van der Waals surface area contributed by atoms with Gasteiger partial charge in [-0.15, -0.1) is 12.4 Å². The predicted octanol–water partition coefficient (Wildman–Crippen LogP) is 5.23. The minimum Gasteiger partial charge on any atom is -0.457 e. The second-order valence-corrected chi connectivity index (χ2v) is 4.82. The molecule has 102 valence electrons. The van der Waals surface area contributed by atoms with Crippen LogP contribution in [0.25, 0.3) is 0 Å². The maximum absolute atomic E-state index is 5.95. The first kappa shape index (κ1) is 16.1. The average molecular weight is 319 g/mol. The molecule has 0 aromatic heterocycles. The summed E-state index contributed by atoms with van der Waals surface area (Å²) in [6.45, 7) is 1.91. The summed E-state index contributed by atoms with van der Waals surface area (Å²) in [5, 5.41) is 0.969. The molecule has 0 spiro atoms. The normalized spacial score (nSPS) is 11.6. The van der Waals surface area contributed by atoms with Crippen LogP contribution in [0.2, 0.25) is 10.0 Å². The number of rotatable bonds is 3. The van der Waals surface area contributed by atoms with Crippen LogP contribution in [0.5, 0.6) is 11.5 Å². The van der Waals surface area contributed by atoms with E-state index in [2.05, 4.69) is 0 Å². The second kappa shape index (κ2) is 7.01. The van der Waals surface area contributed by atoms with Crippen molar-refractivity contribution in [2.75, 3.05) is 0 Å². The molecule has 0 fully saturated rings. The summed E-state index contributed by atoms with van der Waals surface area (Å²) in [4.78, 5) is 0. The highest BCUT2D eigenvalue weighted by Crippen LogP contribution is 2.32. The average Bonchev–Trinajstić information content (AvgIpc) is 2.34. The van der Waals surface area contributed by atoms with E-state index < -0.39 is 0 Å². The van der Waals surface area contributed by atoms with Crippen LogP contribution in [0.15, 0.2) is 42.5 Å². The van der Waals surface area contributed by atoms with E-state index in [9.17, 15) is 0 Å². The third kappa shape index (κ3) is 4.02. The second-order valence-electron chi connectivity index (χ2n) is 4.00. The summed E-state index contributed by atoms with van der Waals surface area (Å²) in [6, 6.07) is 12.7. The molecule has 0 amide bonds. The zero-order valence-corrected chi connectivity index (χ0v) is 12.6. The van der Waals surface area contributed by atoms with Gasteiger partial charge in [-0.3, -0.25) is 0 Å². The van der Waals surface area contributed by atoms with E-state index in [0.717, 1.165) is 11.3 Å². The van der Waals surface area contributed by atoms with Gasteiger partial charge in [-0.05, 0) is 25.1 Å². The van der Waals surface area contributed by atoms with Gasteiger partial charge in [-0.1, -0.05) is 41.4 Å². The lowest BCUT2D eigenvalue weighted by Crippen LogP contribution is -2.06. The van der Waals surface area contributed by atoms with Crippen molar-refractivity contribution < 1.29 is 4.74 Å². The Morgan fingerprint density at radius 3 is 2.37 bits per heavy atom. The SMILES string of the molecule is CC(N)c1ccccc1Oc1ccc(Cl)c(Cl)c1.Cl. The van der Waals surface area contributed by atoms with Crippen LogP contribution in [0.3, 0.4) is 0 Å². The van der Waals surface area contributed by atoms with Crippen molar-refractivity contribution in [3.8, 4) is 11.5 Å². The highest BCUT2D eigenvalue weighted by molar-refractivity contribution is 6.42. The van der Waals surface area contributed by atoms with Gasteiger partial charge in [0.25, 0.3) is 0 Å². The fourth-order valence-corrected chi connectivity index (χ4v) is 1.91. The predicted molar refractivity (Wildman–Crippen MR) is 82.8 cm³/mol. The minimum absolute atomic E-state index is 0. The van der Waals surface area contributed by atoms with E-state index in [1.807, 2.05) is 31.2 Å². The van der Waals surface area contributed by atoms with E-state index in [0.29, 0.717) is 15.8 Å². The first-order valence-electron chi connectivity index (χ1n) is 5.55. The number of para-hydroxylation sites is 1. The van der Waals surface area contributed by atoms with Crippen molar-refractivity contribution in [3.05, 3.63) is 58.1 Å². The monoisotopic (exact) mass is 317 g/mol. The fourth-order valence-electron chi connectivity index (χ4n) is 1.62. The fraction of sp³-hybridized carbons (Fsp3) is 0.143. The molecule has 0 heterocycles. The molecule has 0 aliphatic heterocycles. The zero-order chi connectivity index (χ0) is 13.1. The van der Waals surface area contributed by atoms with Crippen LogP contribution in [0.4, 0.5) is 0 Å². The third-order valence-corrected chi connectivity index (χ3v) is 3.27. The van der Waals surface area contributed by atoms with E-state index in [1.165, 1.54) is 0 Å². The van der Waals surface area contributed by atoms with Crippen LogP contribution >= 0.6 is 35.6 Å². The van der Waals surface area contributed by atoms with Gasteiger partial charge in [0.1, 0.15) is 11.5 Å². The molecule has 0 aliphatic rings. The molecule has 2 rings (SSSR count). The number of halogens is 3. The van der Waals surface area contributed by atoms with Gasteiger partial charge in [0.2, 0.25) is 0 Å². The van der Waals surface area contributed by atoms with Crippen LogP contribution in [-0.4, -0.2) is 0 Å². The number of ether oxygens (including phenoxy) is 1. The summed E-state index contributed by atoms with van der Waals surface area (Å²) in [7, 11) is 0. The summed E-state index contributed by atoms with van der Waals surface area (Å²) < 4.78 is 5.78. The number of hydrogen-bond acceptors (Lipinski definition) is 2. The molecule has 2 aromatic rings. The van der Waals surface area contributed by atoms with Crippen molar-refractivity contribution >= 4 is 35.6 Å². The highest BCUT2D eigenvalue weighted by atomic mass is 35.5. The first-order valence-corrected chi connectivity index (χ1v) is 6.31.